The highest BCUT2D eigenvalue weighted by Gasteiger charge is 2.42. The monoisotopic (exact) mass is 226 g/mol. The van der Waals surface area contributed by atoms with Crippen molar-refractivity contribution in [3.05, 3.63) is 0 Å². The first kappa shape index (κ1) is 12.3. The van der Waals surface area contributed by atoms with Gasteiger partial charge in [0, 0.05) is 19.3 Å². The van der Waals surface area contributed by atoms with E-state index < -0.39 is 0 Å². The van der Waals surface area contributed by atoms with Crippen LogP contribution >= 0.6 is 0 Å². The van der Waals surface area contributed by atoms with Crippen LogP contribution in [0.25, 0.3) is 0 Å². The molecule has 2 rings (SSSR count). The van der Waals surface area contributed by atoms with E-state index in [1.807, 2.05) is 0 Å². The van der Waals surface area contributed by atoms with Crippen LogP contribution in [0.5, 0.6) is 0 Å². The molecule has 0 aromatic rings. The third-order valence-corrected chi connectivity index (χ3v) is 4.74. The highest BCUT2D eigenvalue weighted by Crippen LogP contribution is 2.46. The lowest BCUT2D eigenvalue weighted by Gasteiger charge is -2.39. The van der Waals surface area contributed by atoms with Crippen molar-refractivity contribution in [1.29, 1.82) is 0 Å². The molecule has 2 fully saturated rings. The molecule has 0 aromatic heterocycles. The van der Waals surface area contributed by atoms with Crippen LogP contribution in [0, 0.1) is 17.3 Å². The highest BCUT2D eigenvalue weighted by atomic mass is 16.5. The second-order valence-electron chi connectivity index (χ2n) is 6.13. The molecule has 3 heteroatoms. The average molecular weight is 226 g/mol. The summed E-state index contributed by atoms with van der Waals surface area (Å²) in [5, 5.41) is 0. The van der Waals surface area contributed by atoms with Crippen molar-refractivity contribution in [2.24, 2.45) is 23.1 Å². The Morgan fingerprint density at radius 3 is 2.44 bits per heavy atom. The topological polar surface area (TPSA) is 47.3 Å². The largest absolute Gasteiger partial charge is 0.381 e. The molecule has 2 atom stereocenters. The summed E-state index contributed by atoms with van der Waals surface area (Å²) in [6.07, 6.45) is 6.38. The molecule has 0 aromatic carbocycles. The fourth-order valence-corrected chi connectivity index (χ4v) is 3.68. The highest BCUT2D eigenvalue weighted by molar-refractivity contribution is 4.94. The van der Waals surface area contributed by atoms with Gasteiger partial charge in [0.1, 0.15) is 0 Å². The van der Waals surface area contributed by atoms with E-state index in [0.717, 1.165) is 19.1 Å². The minimum Gasteiger partial charge on any atom is -0.381 e. The van der Waals surface area contributed by atoms with E-state index in [1.165, 1.54) is 32.1 Å². The predicted octanol–water partition coefficient (Wildman–Crippen LogP) is 2.07. The molecule has 1 saturated carbocycles. The molecule has 2 unspecified atom stereocenters. The molecular weight excluding hydrogens is 200 g/mol. The van der Waals surface area contributed by atoms with Gasteiger partial charge in [-0.2, -0.15) is 0 Å². The minimum absolute atomic E-state index is 0.454. The molecule has 0 spiro atoms. The maximum absolute atomic E-state index is 5.81. The molecule has 1 heterocycles. The quantitative estimate of drug-likeness (QED) is 0.572. The van der Waals surface area contributed by atoms with Gasteiger partial charge in [0.05, 0.1) is 0 Å². The molecule has 1 aliphatic carbocycles. The van der Waals surface area contributed by atoms with Crippen LogP contribution in [0.15, 0.2) is 0 Å². The van der Waals surface area contributed by atoms with Gasteiger partial charge in [-0.3, -0.25) is 11.3 Å². The molecule has 16 heavy (non-hydrogen) atoms. The fraction of sp³-hybridized carbons (Fsp3) is 1.00. The maximum atomic E-state index is 5.81. The zero-order valence-electron chi connectivity index (χ0n) is 10.7. The summed E-state index contributed by atoms with van der Waals surface area (Å²) >= 11 is 0. The van der Waals surface area contributed by atoms with Crippen molar-refractivity contribution in [3.8, 4) is 0 Å². The smallest absolute Gasteiger partial charge is 0.0469 e. The molecule has 1 aliphatic heterocycles. The predicted molar refractivity (Wildman–Crippen MR) is 65.8 cm³/mol. The van der Waals surface area contributed by atoms with Gasteiger partial charge in [0.2, 0.25) is 0 Å². The Bertz CT molecular complexity index is 224. The lowest BCUT2D eigenvalue weighted by molar-refractivity contribution is 0.0330. The number of hydrazine groups is 1. The molecule has 2 aliphatic rings. The summed E-state index contributed by atoms with van der Waals surface area (Å²) in [6, 6.07) is 0.487. The summed E-state index contributed by atoms with van der Waals surface area (Å²) in [6.45, 7) is 6.62. The summed E-state index contributed by atoms with van der Waals surface area (Å²) in [5.41, 5.74) is 3.57. The van der Waals surface area contributed by atoms with Gasteiger partial charge in [-0.1, -0.05) is 20.3 Å². The number of hydrogen-bond acceptors (Lipinski definition) is 3. The van der Waals surface area contributed by atoms with Crippen LogP contribution in [-0.2, 0) is 4.74 Å². The third-order valence-electron chi connectivity index (χ3n) is 4.74. The zero-order chi connectivity index (χ0) is 11.6. The zero-order valence-corrected chi connectivity index (χ0v) is 10.7. The van der Waals surface area contributed by atoms with Crippen molar-refractivity contribution in [1.82, 2.24) is 5.43 Å². The number of nitrogens with two attached hydrogens (primary N) is 1. The van der Waals surface area contributed by atoms with E-state index in [1.54, 1.807) is 0 Å². The van der Waals surface area contributed by atoms with Crippen molar-refractivity contribution in [2.45, 2.75) is 52.0 Å². The van der Waals surface area contributed by atoms with Crippen molar-refractivity contribution in [3.63, 3.8) is 0 Å². The molecule has 3 N–H and O–H groups in total. The van der Waals surface area contributed by atoms with E-state index in [4.69, 9.17) is 10.6 Å². The molecule has 0 radical (unpaired) electrons. The lowest BCUT2D eigenvalue weighted by Crippen LogP contribution is -2.50. The van der Waals surface area contributed by atoms with Gasteiger partial charge >= 0.3 is 0 Å². The van der Waals surface area contributed by atoms with Crippen molar-refractivity contribution in [2.75, 3.05) is 13.2 Å². The van der Waals surface area contributed by atoms with Crippen LogP contribution in [-0.4, -0.2) is 19.3 Å². The molecular formula is C13H26N2O. The SMILES string of the molecule is CC1(C)CCCC1C(NN)C1CCOCC1. The van der Waals surface area contributed by atoms with E-state index in [0.29, 0.717) is 17.4 Å². The first-order chi connectivity index (χ1) is 7.65. The Kier molecular flexibility index (Phi) is 3.88. The van der Waals surface area contributed by atoms with Crippen LogP contribution in [0.1, 0.15) is 46.0 Å². The Balaban J connectivity index is 2.03. The van der Waals surface area contributed by atoms with Gasteiger partial charge in [0.15, 0.2) is 0 Å². The van der Waals surface area contributed by atoms with E-state index >= 15 is 0 Å². The summed E-state index contributed by atoms with van der Waals surface area (Å²) < 4.78 is 5.44. The van der Waals surface area contributed by atoms with E-state index in [9.17, 15) is 0 Å². The van der Waals surface area contributed by atoms with Crippen LogP contribution in [0.3, 0.4) is 0 Å². The Labute approximate surface area is 99.1 Å². The fourth-order valence-electron chi connectivity index (χ4n) is 3.68. The number of hydrogen-bond donors (Lipinski definition) is 2. The Morgan fingerprint density at radius 1 is 1.25 bits per heavy atom. The standard InChI is InChI=1S/C13H26N2O/c1-13(2)7-3-4-11(13)12(15-14)10-5-8-16-9-6-10/h10-12,15H,3-9,14H2,1-2H3. The van der Waals surface area contributed by atoms with Gasteiger partial charge < -0.3 is 4.74 Å². The Morgan fingerprint density at radius 2 is 1.94 bits per heavy atom. The normalized spacial score (nSPS) is 32.8. The first-order valence-electron chi connectivity index (χ1n) is 6.69. The van der Waals surface area contributed by atoms with Gasteiger partial charge in [-0.15, -0.1) is 0 Å². The van der Waals surface area contributed by atoms with Gasteiger partial charge in [0.25, 0.3) is 0 Å². The summed E-state index contributed by atoms with van der Waals surface area (Å²) in [4.78, 5) is 0. The summed E-state index contributed by atoms with van der Waals surface area (Å²) in [7, 11) is 0. The van der Waals surface area contributed by atoms with Crippen LogP contribution in [0.4, 0.5) is 0 Å². The number of nitrogens with one attached hydrogen (secondary N) is 1. The molecule has 0 amide bonds. The maximum Gasteiger partial charge on any atom is 0.0469 e. The molecule has 3 nitrogen and oxygen atoms in total. The van der Waals surface area contributed by atoms with Crippen LogP contribution in [0.2, 0.25) is 0 Å². The van der Waals surface area contributed by atoms with Crippen molar-refractivity contribution < 1.29 is 4.74 Å². The van der Waals surface area contributed by atoms with E-state index in [2.05, 4.69) is 19.3 Å². The van der Waals surface area contributed by atoms with E-state index in [-0.39, 0.29) is 0 Å². The lowest BCUT2D eigenvalue weighted by atomic mass is 9.72. The molecule has 1 saturated heterocycles. The summed E-state index contributed by atoms with van der Waals surface area (Å²) in [5.74, 6) is 7.26. The first-order valence-corrected chi connectivity index (χ1v) is 6.69. The van der Waals surface area contributed by atoms with Gasteiger partial charge in [-0.05, 0) is 42.9 Å². The second kappa shape index (κ2) is 5.03. The second-order valence-corrected chi connectivity index (χ2v) is 6.13. The molecule has 94 valence electrons. The van der Waals surface area contributed by atoms with Gasteiger partial charge in [-0.25, -0.2) is 0 Å². The van der Waals surface area contributed by atoms with Crippen molar-refractivity contribution >= 4 is 0 Å². The average Bonchev–Trinajstić information content (AvgIpc) is 2.62. The Hall–Kier alpha value is -0.120. The third kappa shape index (κ3) is 2.41. The number of rotatable bonds is 3. The minimum atomic E-state index is 0.454. The molecule has 0 bridgehead atoms. The number of ether oxygens (including phenoxy) is 1. The van der Waals surface area contributed by atoms with Crippen LogP contribution < -0.4 is 11.3 Å².